The molecule has 0 atom stereocenters. The molecule has 1 spiro atoms. The third-order valence-electron chi connectivity index (χ3n) is 4.59. The minimum Gasteiger partial charge on any atom is -0.509 e. The Morgan fingerprint density at radius 2 is 2.09 bits per heavy atom. The summed E-state index contributed by atoms with van der Waals surface area (Å²) in [5.41, 5.74) is 0.159. The summed E-state index contributed by atoms with van der Waals surface area (Å²) in [6, 6.07) is 5.27. The Kier molecular flexibility index (Phi) is 4.23. The SMILES string of the molecule is CO[C@H]1CC[C@]2(CC1)NC(=O)C(c1cc(Br)ccc1Cl)=C2O. The third kappa shape index (κ3) is 2.55. The van der Waals surface area contributed by atoms with Gasteiger partial charge in [-0.15, -0.1) is 0 Å². The van der Waals surface area contributed by atoms with Crippen molar-refractivity contribution in [2.45, 2.75) is 37.3 Å². The fourth-order valence-corrected chi connectivity index (χ4v) is 3.88. The number of aliphatic hydroxyl groups excluding tert-OH is 1. The Morgan fingerprint density at radius 1 is 1.41 bits per heavy atom. The van der Waals surface area contributed by atoms with Gasteiger partial charge < -0.3 is 15.2 Å². The van der Waals surface area contributed by atoms with Crippen LogP contribution in [-0.2, 0) is 9.53 Å². The van der Waals surface area contributed by atoms with E-state index in [9.17, 15) is 9.90 Å². The zero-order valence-corrected chi connectivity index (χ0v) is 14.5. The van der Waals surface area contributed by atoms with Gasteiger partial charge in [0.25, 0.3) is 5.91 Å². The summed E-state index contributed by atoms with van der Waals surface area (Å²) in [7, 11) is 1.69. The highest BCUT2D eigenvalue weighted by atomic mass is 79.9. The van der Waals surface area contributed by atoms with Gasteiger partial charge in [0, 0.05) is 22.2 Å². The molecule has 0 bridgehead atoms. The Labute approximate surface area is 142 Å². The lowest BCUT2D eigenvalue weighted by Gasteiger charge is -2.36. The number of ether oxygens (including phenoxy) is 1. The fraction of sp³-hybridized carbons (Fsp3) is 0.438. The first-order valence-electron chi connectivity index (χ1n) is 7.21. The molecule has 1 aromatic carbocycles. The van der Waals surface area contributed by atoms with Crippen LogP contribution in [0, 0.1) is 0 Å². The molecule has 4 nitrogen and oxygen atoms in total. The first-order chi connectivity index (χ1) is 10.5. The molecule has 0 radical (unpaired) electrons. The minimum atomic E-state index is -0.674. The number of rotatable bonds is 2. The number of nitrogens with one attached hydrogen (secondary N) is 1. The van der Waals surface area contributed by atoms with Crippen LogP contribution >= 0.6 is 27.5 Å². The third-order valence-corrected chi connectivity index (χ3v) is 5.41. The van der Waals surface area contributed by atoms with Crippen molar-refractivity contribution in [3.63, 3.8) is 0 Å². The Balaban J connectivity index is 2.00. The van der Waals surface area contributed by atoms with E-state index >= 15 is 0 Å². The van der Waals surface area contributed by atoms with Gasteiger partial charge in [-0.1, -0.05) is 27.5 Å². The number of amides is 1. The Bertz CT molecular complexity index is 651. The van der Waals surface area contributed by atoms with Crippen molar-refractivity contribution in [1.82, 2.24) is 5.32 Å². The number of carbonyl (C=O) groups excluding carboxylic acids is 1. The van der Waals surface area contributed by atoms with Crippen LogP contribution in [-0.4, -0.2) is 29.8 Å². The molecule has 3 rings (SSSR count). The van der Waals surface area contributed by atoms with Gasteiger partial charge in [-0.25, -0.2) is 0 Å². The van der Waals surface area contributed by atoms with Crippen molar-refractivity contribution in [3.05, 3.63) is 39.0 Å². The lowest BCUT2D eigenvalue weighted by Crippen LogP contribution is -2.48. The molecule has 1 amide bonds. The van der Waals surface area contributed by atoms with E-state index in [4.69, 9.17) is 16.3 Å². The predicted octanol–water partition coefficient (Wildman–Crippen LogP) is 3.83. The second-order valence-electron chi connectivity index (χ2n) is 5.82. The lowest BCUT2D eigenvalue weighted by molar-refractivity contribution is -0.116. The average Bonchev–Trinajstić information content (AvgIpc) is 2.74. The van der Waals surface area contributed by atoms with E-state index < -0.39 is 5.54 Å². The summed E-state index contributed by atoms with van der Waals surface area (Å²) in [4.78, 5) is 12.4. The van der Waals surface area contributed by atoms with Gasteiger partial charge >= 0.3 is 0 Å². The molecule has 1 fully saturated rings. The molecule has 2 N–H and O–H groups in total. The van der Waals surface area contributed by atoms with Gasteiger partial charge in [-0.2, -0.15) is 0 Å². The Morgan fingerprint density at radius 3 is 2.73 bits per heavy atom. The highest BCUT2D eigenvalue weighted by Gasteiger charge is 2.48. The van der Waals surface area contributed by atoms with Crippen molar-refractivity contribution in [3.8, 4) is 0 Å². The summed E-state index contributed by atoms with van der Waals surface area (Å²) in [5, 5.41) is 14.2. The standard InChI is InChI=1S/C16H17BrClNO3/c1-22-10-4-6-16(7-5-10)14(20)13(15(21)19-16)11-8-9(17)2-3-12(11)18/h2-3,8,10,20H,4-7H2,1H3,(H,19,21)/t10-,16+. The molecule has 0 saturated heterocycles. The number of carbonyl (C=O) groups is 1. The molecule has 1 aliphatic heterocycles. The van der Waals surface area contributed by atoms with E-state index in [2.05, 4.69) is 21.2 Å². The number of aliphatic hydroxyl groups is 1. The number of methoxy groups -OCH3 is 1. The highest BCUT2D eigenvalue weighted by Crippen LogP contribution is 2.43. The second-order valence-corrected chi connectivity index (χ2v) is 7.14. The molecule has 1 aliphatic carbocycles. The van der Waals surface area contributed by atoms with E-state index in [-0.39, 0.29) is 23.3 Å². The van der Waals surface area contributed by atoms with E-state index in [0.29, 0.717) is 23.4 Å². The van der Waals surface area contributed by atoms with E-state index in [1.807, 2.05) is 0 Å². The molecule has 2 aliphatic rings. The summed E-state index contributed by atoms with van der Waals surface area (Å²) in [5.74, 6) is -0.166. The molecular weight excluding hydrogens is 370 g/mol. The van der Waals surface area contributed by atoms with E-state index in [1.54, 1.807) is 25.3 Å². The van der Waals surface area contributed by atoms with E-state index in [1.165, 1.54) is 0 Å². The minimum absolute atomic E-state index is 0.104. The zero-order valence-electron chi connectivity index (χ0n) is 12.2. The first kappa shape index (κ1) is 15.8. The summed E-state index contributed by atoms with van der Waals surface area (Å²) in [6.07, 6.45) is 3.13. The first-order valence-corrected chi connectivity index (χ1v) is 8.38. The molecule has 22 heavy (non-hydrogen) atoms. The summed E-state index contributed by atoms with van der Waals surface area (Å²) in [6.45, 7) is 0. The van der Waals surface area contributed by atoms with Crippen LogP contribution in [0.25, 0.3) is 5.57 Å². The molecule has 118 valence electrons. The summed E-state index contributed by atoms with van der Waals surface area (Å²) >= 11 is 9.59. The molecule has 0 aromatic heterocycles. The molecule has 1 heterocycles. The van der Waals surface area contributed by atoms with Gasteiger partial charge in [-0.05, 0) is 43.9 Å². The predicted molar refractivity (Wildman–Crippen MR) is 88.8 cm³/mol. The van der Waals surface area contributed by atoms with E-state index in [0.717, 1.165) is 17.3 Å². The quantitative estimate of drug-likeness (QED) is 0.812. The maximum Gasteiger partial charge on any atom is 0.256 e. The average molecular weight is 387 g/mol. The fourth-order valence-electron chi connectivity index (χ4n) is 3.31. The van der Waals surface area contributed by atoms with Crippen LogP contribution in [0.3, 0.4) is 0 Å². The molecule has 6 heteroatoms. The van der Waals surface area contributed by atoms with Crippen molar-refractivity contribution in [2.24, 2.45) is 0 Å². The number of benzene rings is 1. The van der Waals surface area contributed by atoms with Crippen LogP contribution in [0.2, 0.25) is 5.02 Å². The topological polar surface area (TPSA) is 58.6 Å². The van der Waals surface area contributed by atoms with Gasteiger partial charge in [0.15, 0.2) is 0 Å². The van der Waals surface area contributed by atoms with Gasteiger partial charge in [0.1, 0.15) is 5.76 Å². The number of hydrogen-bond donors (Lipinski definition) is 2. The van der Waals surface area contributed by atoms with Crippen molar-refractivity contribution in [1.29, 1.82) is 0 Å². The maximum absolute atomic E-state index is 12.4. The molecule has 1 aromatic rings. The molecule has 0 unspecified atom stereocenters. The maximum atomic E-state index is 12.4. The highest BCUT2D eigenvalue weighted by molar-refractivity contribution is 9.10. The lowest BCUT2D eigenvalue weighted by atomic mass is 9.79. The van der Waals surface area contributed by atoms with Crippen molar-refractivity contribution < 1.29 is 14.6 Å². The van der Waals surface area contributed by atoms with Gasteiger partial charge in [0.2, 0.25) is 0 Å². The largest absolute Gasteiger partial charge is 0.509 e. The van der Waals surface area contributed by atoms with Crippen molar-refractivity contribution in [2.75, 3.05) is 7.11 Å². The summed E-state index contributed by atoms with van der Waals surface area (Å²) < 4.78 is 6.17. The van der Waals surface area contributed by atoms with Crippen LogP contribution < -0.4 is 5.32 Å². The van der Waals surface area contributed by atoms with Gasteiger partial charge in [-0.3, -0.25) is 4.79 Å². The number of halogens is 2. The molecule has 1 saturated carbocycles. The van der Waals surface area contributed by atoms with Crippen LogP contribution in [0.5, 0.6) is 0 Å². The van der Waals surface area contributed by atoms with Crippen LogP contribution in [0.4, 0.5) is 0 Å². The van der Waals surface area contributed by atoms with Crippen LogP contribution in [0.1, 0.15) is 31.2 Å². The zero-order chi connectivity index (χ0) is 15.9. The second kappa shape index (κ2) is 5.87. The van der Waals surface area contributed by atoms with Crippen LogP contribution in [0.15, 0.2) is 28.4 Å². The number of hydrogen-bond acceptors (Lipinski definition) is 3. The van der Waals surface area contributed by atoms with Crippen molar-refractivity contribution >= 4 is 39.0 Å². The van der Waals surface area contributed by atoms with Gasteiger partial charge in [0.05, 0.1) is 17.2 Å². The monoisotopic (exact) mass is 385 g/mol. The molecular formula is C16H17BrClNO3. The normalized spacial score (nSPS) is 28.3. The Hall–Kier alpha value is -1.04. The smallest absolute Gasteiger partial charge is 0.256 e.